The summed E-state index contributed by atoms with van der Waals surface area (Å²) < 4.78 is 7.27. The van der Waals surface area contributed by atoms with Crippen LogP contribution in [0.3, 0.4) is 0 Å². The first-order chi connectivity index (χ1) is 14.7. The van der Waals surface area contributed by atoms with Crippen molar-refractivity contribution in [1.29, 1.82) is 0 Å². The number of ether oxygens (including phenoxy) is 1. The highest BCUT2D eigenvalue weighted by atomic mass is 16.5. The summed E-state index contributed by atoms with van der Waals surface area (Å²) in [5, 5.41) is 16.6. The number of aryl methyl sites for hydroxylation is 1. The Hall–Kier alpha value is -4.27. The van der Waals surface area contributed by atoms with Crippen molar-refractivity contribution >= 4 is 12.2 Å². The number of nitrogens with zero attached hydrogens (tertiary/aromatic N) is 5. The Balaban J connectivity index is 1.72. The molecule has 0 radical (unpaired) electrons. The number of hydrogen-bond donors (Lipinski definition) is 2. The highest BCUT2D eigenvalue weighted by molar-refractivity contribution is 5.90. The molecular weight excluding hydrogens is 382 g/mol. The van der Waals surface area contributed by atoms with E-state index in [2.05, 4.69) is 25.7 Å². The molecule has 9 nitrogen and oxygen atoms in total. The minimum Gasteiger partial charge on any atom is -0.496 e. The Kier molecular flexibility index (Phi) is 5.33. The van der Waals surface area contributed by atoms with Crippen molar-refractivity contribution in [3.8, 4) is 22.7 Å². The molecule has 0 aliphatic carbocycles. The Morgan fingerprint density at radius 1 is 1.10 bits per heavy atom. The molecule has 0 aliphatic rings. The zero-order chi connectivity index (χ0) is 20.9. The second-order valence-electron chi connectivity index (χ2n) is 6.37. The summed E-state index contributed by atoms with van der Waals surface area (Å²) in [5.41, 5.74) is 5.84. The van der Waals surface area contributed by atoms with Crippen molar-refractivity contribution in [2.75, 3.05) is 12.5 Å². The smallest absolute Gasteiger partial charge is 0.274 e. The number of rotatable bonds is 6. The molecular formula is C21H19N7O2. The zero-order valence-electron chi connectivity index (χ0n) is 16.4. The lowest BCUT2D eigenvalue weighted by Crippen LogP contribution is -2.15. The van der Waals surface area contributed by atoms with E-state index >= 15 is 0 Å². The van der Waals surface area contributed by atoms with Crippen LogP contribution in [0.2, 0.25) is 0 Å². The number of hydrazone groups is 1. The highest BCUT2D eigenvalue weighted by Crippen LogP contribution is 2.31. The maximum atomic E-state index is 11.7. The van der Waals surface area contributed by atoms with Gasteiger partial charge in [0.25, 0.3) is 5.56 Å². The van der Waals surface area contributed by atoms with Crippen LogP contribution in [0.4, 0.5) is 5.95 Å². The van der Waals surface area contributed by atoms with E-state index in [9.17, 15) is 4.79 Å². The molecule has 150 valence electrons. The summed E-state index contributed by atoms with van der Waals surface area (Å²) in [6.45, 7) is 1.58. The van der Waals surface area contributed by atoms with Crippen molar-refractivity contribution in [3.63, 3.8) is 0 Å². The predicted octanol–water partition coefficient (Wildman–Crippen LogP) is 2.78. The van der Waals surface area contributed by atoms with E-state index < -0.39 is 0 Å². The third-order valence-corrected chi connectivity index (χ3v) is 4.36. The Labute approximate surface area is 172 Å². The van der Waals surface area contributed by atoms with E-state index in [4.69, 9.17) is 9.84 Å². The molecule has 0 aliphatic heterocycles. The van der Waals surface area contributed by atoms with E-state index in [1.807, 2.05) is 60.8 Å². The van der Waals surface area contributed by atoms with Crippen LogP contribution >= 0.6 is 0 Å². The molecule has 0 saturated heterocycles. The molecule has 9 heteroatoms. The number of para-hydroxylation sites is 2. The summed E-state index contributed by atoms with van der Waals surface area (Å²) in [5.74, 6) is 0.850. The summed E-state index contributed by atoms with van der Waals surface area (Å²) >= 11 is 0. The fourth-order valence-electron chi connectivity index (χ4n) is 2.85. The molecule has 0 unspecified atom stereocenters. The largest absolute Gasteiger partial charge is 0.496 e. The topological polar surface area (TPSA) is 110 Å². The number of anilines is 1. The van der Waals surface area contributed by atoms with Gasteiger partial charge in [0, 0.05) is 17.3 Å². The first-order valence-electron chi connectivity index (χ1n) is 9.17. The molecule has 0 fully saturated rings. The molecule has 2 heterocycles. The molecule has 0 saturated carbocycles. The molecule has 2 N–H and O–H groups in total. The van der Waals surface area contributed by atoms with Gasteiger partial charge in [-0.2, -0.15) is 10.2 Å². The molecule has 4 aromatic rings. The summed E-state index contributed by atoms with van der Waals surface area (Å²) in [7, 11) is 1.62. The summed E-state index contributed by atoms with van der Waals surface area (Å²) in [6.07, 6.45) is 3.47. The highest BCUT2D eigenvalue weighted by Gasteiger charge is 2.15. The van der Waals surface area contributed by atoms with E-state index in [1.54, 1.807) is 24.9 Å². The monoisotopic (exact) mass is 401 g/mol. The number of methoxy groups -OCH3 is 1. The van der Waals surface area contributed by atoms with Gasteiger partial charge in [0.05, 0.1) is 19.0 Å². The summed E-state index contributed by atoms with van der Waals surface area (Å²) in [4.78, 5) is 14.2. The number of benzene rings is 2. The normalized spacial score (nSPS) is 11.0. The van der Waals surface area contributed by atoms with Crippen LogP contribution in [0.1, 0.15) is 11.3 Å². The number of nitrogens with one attached hydrogen (secondary N) is 2. The lowest BCUT2D eigenvalue weighted by molar-refractivity contribution is 0.416. The Bertz CT molecular complexity index is 1250. The SMILES string of the molecule is COc1ccccc1-c1nn(-c2ccccc2)cc1/C=N\Nc1nnc(C)c(=O)[nH]1. The van der Waals surface area contributed by atoms with E-state index in [0.717, 1.165) is 16.8 Å². The Morgan fingerprint density at radius 2 is 1.87 bits per heavy atom. The molecule has 2 aromatic heterocycles. The minimum absolute atomic E-state index is 0.149. The number of aromatic nitrogens is 5. The predicted molar refractivity (Wildman–Crippen MR) is 114 cm³/mol. The van der Waals surface area contributed by atoms with Crippen LogP contribution in [0.25, 0.3) is 16.9 Å². The van der Waals surface area contributed by atoms with Gasteiger partial charge < -0.3 is 4.74 Å². The number of H-pyrrole nitrogens is 1. The molecule has 2 aromatic carbocycles. The lowest BCUT2D eigenvalue weighted by Gasteiger charge is -2.06. The second kappa shape index (κ2) is 8.39. The standard InChI is InChI=1S/C21H19N7O2/c1-14-20(29)23-21(26-24-14)25-22-12-15-13-28(16-8-4-3-5-9-16)27-19(15)17-10-6-7-11-18(17)30-2/h3-13H,1-2H3,(H2,23,25,26,29)/b22-12-. The first-order valence-corrected chi connectivity index (χ1v) is 9.17. The van der Waals surface area contributed by atoms with Gasteiger partial charge in [0.2, 0.25) is 5.95 Å². The van der Waals surface area contributed by atoms with Crippen molar-refractivity contribution < 1.29 is 4.74 Å². The number of hydrogen-bond acceptors (Lipinski definition) is 7. The third-order valence-electron chi connectivity index (χ3n) is 4.36. The van der Waals surface area contributed by atoms with Gasteiger partial charge in [0.1, 0.15) is 17.1 Å². The van der Waals surface area contributed by atoms with Crippen LogP contribution in [-0.4, -0.2) is 38.3 Å². The van der Waals surface area contributed by atoms with Crippen molar-refractivity contribution in [3.05, 3.63) is 82.4 Å². The van der Waals surface area contributed by atoms with E-state index in [-0.39, 0.29) is 17.2 Å². The molecule has 0 amide bonds. The second-order valence-corrected chi connectivity index (χ2v) is 6.37. The zero-order valence-corrected chi connectivity index (χ0v) is 16.4. The van der Waals surface area contributed by atoms with Crippen LogP contribution < -0.4 is 15.7 Å². The molecule has 0 spiro atoms. The van der Waals surface area contributed by atoms with Crippen LogP contribution in [0, 0.1) is 6.92 Å². The van der Waals surface area contributed by atoms with Crippen molar-refractivity contribution in [2.45, 2.75) is 6.92 Å². The summed E-state index contributed by atoms with van der Waals surface area (Å²) in [6, 6.07) is 17.4. The quantitative estimate of drug-likeness (QED) is 0.380. The first kappa shape index (κ1) is 19.1. The van der Waals surface area contributed by atoms with Gasteiger partial charge in [-0.3, -0.25) is 9.78 Å². The van der Waals surface area contributed by atoms with Gasteiger partial charge >= 0.3 is 0 Å². The maximum Gasteiger partial charge on any atom is 0.274 e. The minimum atomic E-state index is -0.325. The van der Waals surface area contributed by atoms with Gasteiger partial charge in [-0.25, -0.2) is 10.1 Å². The average molecular weight is 401 g/mol. The van der Waals surface area contributed by atoms with Gasteiger partial charge in [-0.05, 0) is 31.2 Å². The maximum absolute atomic E-state index is 11.7. The average Bonchev–Trinajstić information content (AvgIpc) is 3.21. The van der Waals surface area contributed by atoms with Gasteiger partial charge in [0.15, 0.2) is 0 Å². The molecule has 0 bridgehead atoms. The van der Waals surface area contributed by atoms with Crippen molar-refractivity contribution in [2.24, 2.45) is 5.10 Å². The fourth-order valence-corrected chi connectivity index (χ4v) is 2.85. The van der Waals surface area contributed by atoms with Gasteiger partial charge in [-0.15, -0.1) is 10.2 Å². The van der Waals surface area contributed by atoms with Crippen LogP contribution in [0.5, 0.6) is 5.75 Å². The lowest BCUT2D eigenvalue weighted by atomic mass is 10.1. The Morgan fingerprint density at radius 3 is 2.63 bits per heavy atom. The van der Waals surface area contributed by atoms with Gasteiger partial charge in [-0.1, -0.05) is 30.3 Å². The number of aromatic amines is 1. The van der Waals surface area contributed by atoms with E-state index in [0.29, 0.717) is 11.4 Å². The molecule has 30 heavy (non-hydrogen) atoms. The van der Waals surface area contributed by atoms with Crippen LogP contribution in [-0.2, 0) is 0 Å². The van der Waals surface area contributed by atoms with Crippen LogP contribution in [0.15, 0.2) is 70.7 Å². The van der Waals surface area contributed by atoms with E-state index in [1.165, 1.54) is 0 Å². The van der Waals surface area contributed by atoms with Crippen molar-refractivity contribution in [1.82, 2.24) is 25.0 Å². The molecule has 0 atom stereocenters. The fraction of sp³-hybridized carbons (Fsp3) is 0.0952. The third kappa shape index (κ3) is 3.95. The molecule has 4 rings (SSSR count).